The molecule has 17 heavy (non-hydrogen) atoms. The molecule has 0 bridgehead atoms. The smallest absolute Gasteiger partial charge is 0.137 e. The van der Waals surface area contributed by atoms with Crippen LogP contribution in [-0.4, -0.2) is 0 Å². The minimum absolute atomic E-state index is 0.0770. The lowest BCUT2D eigenvalue weighted by molar-refractivity contribution is 0.614. The van der Waals surface area contributed by atoms with Gasteiger partial charge in [-0.05, 0) is 53.0 Å². The van der Waals surface area contributed by atoms with Crippen molar-refractivity contribution in [3.05, 3.63) is 55.9 Å². The zero-order valence-corrected chi connectivity index (χ0v) is 11.8. The molecule has 2 aromatic rings. The van der Waals surface area contributed by atoms with Gasteiger partial charge in [0, 0.05) is 15.8 Å². The van der Waals surface area contributed by atoms with Crippen molar-refractivity contribution in [1.82, 2.24) is 0 Å². The van der Waals surface area contributed by atoms with E-state index in [9.17, 15) is 4.39 Å². The van der Waals surface area contributed by atoms with Gasteiger partial charge in [0.1, 0.15) is 5.82 Å². The fourth-order valence-electron chi connectivity index (χ4n) is 1.70. The Hall–Kier alpha value is -0.710. The summed E-state index contributed by atoms with van der Waals surface area (Å²) < 4.78 is 13.9. The van der Waals surface area contributed by atoms with Gasteiger partial charge in [-0.1, -0.05) is 12.1 Å². The van der Waals surface area contributed by atoms with Crippen molar-refractivity contribution in [2.75, 3.05) is 0 Å². The highest BCUT2D eigenvalue weighted by molar-refractivity contribution is 9.10. The maximum Gasteiger partial charge on any atom is 0.137 e. The van der Waals surface area contributed by atoms with E-state index in [2.05, 4.69) is 28.9 Å². The minimum Gasteiger partial charge on any atom is -0.323 e. The van der Waals surface area contributed by atoms with Crippen molar-refractivity contribution in [2.24, 2.45) is 5.73 Å². The summed E-state index contributed by atoms with van der Waals surface area (Å²) in [6.45, 7) is 2.05. The molecule has 1 nitrogen and oxygen atoms in total. The van der Waals surface area contributed by atoms with E-state index in [-0.39, 0.29) is 11.9 Å². The van der Waals surface area contributed by atoms with Crippen molar-refractivity contribution >= 4 is 27.3 Å². The van der Waals surface area contributed by atoms with Crippen LogP contribution >= 0.6 is 27.3 Å². The van der Waals surface area contributed by atoms with Gasteiger partial charge in [-0.25, -0.2) is 4.39 Å². The van der Waals surface area contributed by atoms with E-state index in [1.54, 1.807) is 17.4 Å². The summed E-state index contributed by atoms with van der Waals surface area (Å²) in [6, 6.07) is 9.06. The van der Waals surface area contributed by atoms with Crippen LogP contribution in [0.25, 0.3) is 0 Å². The number of nitrogens with two attached hydrogens (primary N) is 1. The fourth-order valence-corrected chi connectivity index (χ4v) is 3.00. The monoisotopic (exact) mass is 313 g/mol. The first-order chi connectivity index (χ1) is 8.08. The lowest BCUT2D eigenvalue weighted by Crippen LogP contribution is -2.12. The van der Waals surface area contributed by atoms with E-state index >= 15 is 0 Å². The lowest BCUT2D eigenvalue weighted by Gasteiger charge is -2.11. The van der Waals surface area contributed by atoms with Crippen molar-refractivity contribution in [3.63, 3.8) is 0 Å². The summed E-state index contributed by atoms with van der Waals surface area (Å²) in [6.07, 6.45) is 0.637. The highest BCUT2D eigenvalue weighted by Crippen LogP contribution is 2.27. The Labute approximate surface area is 113 Å². The van der Waals surface area contributed by atoms with E-state index in [1.807, 2.05) is 12.1 Å². The molecule has 0 saturated carbocycles. The van der Waals surface area contributed by atoms with E-state index in [1.165, 1.54) is 10.9 Å². The molecule has 0 amide bonds. The van der Waals surface area contributed by atoms with Crippen LogP contribution in [0, 0.1) is 12.7 Å². The number of rotatable bonds is 3. The second kappa shape index (κ2) is 5.29. The predicted octanol–water partition coefficient (Wildman–Crippen LogP) is 4.20. The summed E-state index contributed by atoms with van der Waals surface area (Å²) in [5.41, 5.74) is 7.03. The zero-order chi connectivity index (χ0) is 12.4. The van der Waals surface area contributed by atoms with Gasteiger partial charge in [-0.15, -0.1) is 11.3 Å². The molecule has 0 radical (unpaired) electrons. The van der Waals surface area contributed by atoms with Crippen LogP contribution in [0.15, 0.2) is 34.8 Å². The highest BCUT2D eigenvalue weighted by atomic mass is 79.9. The van der Waals surface area contributed by atoms with Crippen LogP contribution in [0.3, 0.4) is 0 Å². The standard InChI is InChI=1S/C13H13BrFNS/c1-8-5-6-12(17-8)11(16)7-9-3-2-4-10(15)13(9)14/h2-6,11H,7,16H2,1H3. The van der Waals surface area contributed by atoms with Gasteiger partial charge in [-0.3, -0.25) is 0 Å². The molecular formula is C13H13BrFNS. The molecule has 1 unspecified atom stereocenters. The number of thiophene rings is 1. The molecule has 1 aromatic heterocycles. The van der Waals surface area contributed by atoms with E-state index in [0.717, 1.165) is 10.4 Å². The number of hydrogen-bond acceptors (Lipinski definition) is 2. The molecule has 0 fully saturated rings. The second-order valence-corrected chi connectivity index (χ2v) is 6.08. The van der Waals surface area contributed by atoms with Crippen molar-refractivity contribution in [3.8, 4) is 0 Å². The third-order valence-electron chi connectivity index (χ3n) is 2.60. The molecule has 0 aliphatic carbocycles. The first-order valence-corrected chi connectivity index (χ1v) is 6.93. The average molecular weight is 314 g/mol. The number of halogens is 2. The Kier molecular flexibility index (Phi) is 3.97. The van der Waals surface area contributed by atoms with Crippen molar-refractivity contribution in [2.45, 2.75) is 19.4 Å². The van der Waals surface area contributed by atoms with Gasteiger partial charge >= 0.3 is 0 Å². The fraction of sp³-hybridized carbons (Fsp3) is 0.231. The molecule has 4 heteroatoms. The van der Waals surface area contributed by atoms with Crippen LogP contribution in [-0.2, 0) is 6.42 Å². The summed E-state index contributed by atoms with van der Waals surface area (Å²) in [5.74, 6) is -0.239. The van der Waals surface area contributed by atoms with E-state index in [4.69, 9.17) is 5.73 Å². The molecule has 1 aromatic carbocycles. The van der Waals surface area contributed by atoms with Gasteiger partial charge < -0.3 is 5.73 Å². The topological polar surface area (TPSA) is 26.0 Å². The molecule has 0 saturated heterocycles. The van der Waals surface area contributed by atoms with Gasteiger partial charge in [0.15, 0.2) is 0 Å². The van der Waals surface area contributed by atoms with Crippen LogP contribution in [0.5, 0.6) is 0 Å². The summed E-state index contributed by atoms with van der Waals surface area (Å²) >= 11 is 4.95. The molecule has 1 heterocycles. The summed E-state index contributed by atoms with van der Waals surface area (Å²) in [5, 5.41) is 0. The number of aryl methyl sites for hydroxylation is 1. The van der Waals surface area contributed by atoms with E-state index in [0.29, 0.717) is 10.9 Å². The van der Waals surface area contributed by atoms with Gasteiger partial charge in [0.25, 0.3) is 0 Å². The Morgan fingerprint density at radius 2 is 2.12 bits per heavy atom. The normalized spacial score (nSPS) is 12.7. The maximum atomic E-state index is 13.4. The Morgan fingerprint density at radius 3 is 2.76 bits per heavy atom. The lowest BCUT2D eigenvalue weighted by atomic mass is 10.1. The van der Waals surface area contributed by atoms with Crippen LogP contribution in [0.4, 0.5) is 4.39 Å². The van der Waals surface area contributed by atoms with Crippen LogP contribution in [0.1, 0.15) is 21.4 Å². The largest absolute Gasteiger partial charge is 0.323 e. The molecule has 0 spiro atoms. The zero-order valence-electron chi connectivity index (χ0n) is 9.41. The van der Waals surface area contributed by atoms with Crippen molar-refractivity contribution in [1.29, 1.82) is 0 Å². The SMILES string of the molecule is Cc1ccc(C(N)Cc2cccc(F)c2Br)s1. The molecule has 0 aliphatic heterocycles. The molecule has 2 rings (SSSR count). The Balaban J connectivity index is 2.18. The first-order valence-electron chi connectivity index (χ1n) is 5.32. The first kappa shape index (κ1) is 12.7. The second-order valence-electron chi connectivity index (χ2n) is 3.97. The van der Waals surface area contributed by atoms with Crippen LogP contribution < -0.4 is 5.73 Å². The van der Waals surface area contributed by atoms with E-state index < -0.39 is 0 Å². The molecular weight excluding hydrogens is 301 g/mol. The third-order valence-corrected chi connectivity index (χ3v) is 4.62. The summed E-state index contributed by atoms with van der Waals surface area (Å²) in [4.78, 5) is 2.38. The van der Waals surface area contributed by atoms with Crippen LogP contribution in [0.2, 0.25) is 0 Å². The van der Waals surface area contributed by atoms with Gasteiger partial charge in [0.2, 0.25) is 0 Å². The van der Waals surface area contributed by atoms with Crippen molar-refractivity contribution < 1.29 is 4.39 Å². The average Bonchev–Trinajstić information content (AvgIpc) is 2.72. The molecule has 90 valence electrons. The van der Waals surface area contributed by atoms with Gasteiger partial charge in [0.05, 0.1) is 4.47 Å². The predicted molar refractivity (Wildman–Crippen MR) is 73.8 cm³/mol. The Bertz CT molecular complexity index is 524. The number of hydrogen-bond donors (Lipinski definition) is 1. The summed E-state index contributed by atoms with van der Waals surface area (Å²) in [7, 11) is 0. The molecule has 2 N–H and O–H groups in total. The number of benzene rings is 1. The maximum absolute atomic E-state index is 13.4. The minimum atomic E-state index is -0.239. The highest BCUT2D eigenvalue weighted by Gasteiger charge is 2.12. The molecule has 0 aliphatic rings. The third kappa shape index (κ3) is 2.94. The Morgan fingerprint density at radius 1 is 1.35 bits per heavy atom. The quantitative estimate of drug-likeness (QED) is 0.903. The molecule has 1 atom stereocenters. The van der Waals surface area contributed by atoms with Gasteiger partial charge in [-0.2, -0.15) is 0 Å².